The molecule has 94 valence electrons. The molecule has 0 bridgehead atoms. The molecule has 0 saturated carbocycles. The van der Waals surface area contributed by atoms with Crippen LogP contribution in [0.25, 0.3) is 0 Å². The van der Waals surface area contributed by atoms with Crippen LogP contribution in [-0.2, 0) is 11.3 Å². The highest BCUT2D eigenvalue weighted by atomic mass is 35.5. The highest BCUT2D eigenvalue weighted by Crippen LogP contribution is 2.25. The molecule has 0 aromatic heterocycles. The van der Waals surface area contributed by atoms with Crippen molar-refractivity contribution in [1.82, 2.24) is 5.32 Å². The fourth-order valence-corrected chi connectivity index (χ4v) is 2.33. The fourth-order valence-electron chi connectivity index (χ4n) is 2.13. The number of halogens is 1. The second-order valence-electron chi connectivity index (χ2n) is 4.78. The van der Waals surface area contributed by atoms with Gasteiger partial charge in [-0.05, 0) is 38.0 Å². The summed E-state index contributed by atoms with van der Waals surface area (Å²) in [6.07, 6.45) is 2.21. The Morgan fingerprint density at radius 1 is 1.53 bits per heavy atom. The summed E-state index contributed by atoms with van der Waals surface area (Å²) in [4.78, 5) is 0. The van der Waals surface area contributed by atoms with E-state index in [1.165, 1.54) is 0 Å². The van der Waals surface area contributed by atoms with E-state index in [1.54, 1.807) is 18.2 Å². The van der Waals surface area contributed by atoms with Gasteiger partial charge in [-0.2, -0.15) is 0 Å². The molecular weight excluding hydrogens is 238 g/mol. The van der Waals surface area contributed by atoms with E-state index in [2.05, 4.69) is 12.2 Å². The van der Waals surface area contributed by atoms with Crippen molar-refractivity contribution in [1.29, 1.82) is 0 Å². The van der Waals surface area contributed by atoms with Crippen molar-refractivity contribution in [3.8, 4) is 5.75 Å². The smallest absolute Gasteiger partial charge is 0.120 e. The molecule has 0 radical (unpaired) electrons. The summed E-state index contributed by atoms with van der Waals surface area (Å²) in [5.41, 5.74) is 0.757. The summed E-state index contributed by atoms with van der Waals surface area (Å²) in [7, 11) is 0. The first kappa shape index (κ1) is 12.7. The molecule has 2 rings (SSSR count). The van der Waals surface area contributed by atoms with Gasteiger partial charge in [0.05, 0.1) is 5.60 Å². The Balaban J connectivity index is 1.87. The number of phenols is 1. The maximum atomic E-state index is 9.66. The molecule has 1 saturated heterocycles. The third-order valence-electron chi connectivity index (χ3n) is 3.16. The van der Waals surface area contributed by atoms with E-state index in [0.29, 0.717) is 11.6 Å². The van der Waals surface area contributed by atoms with E-state index < -0.39 is 0 Å². The minimum Gasteiger partial charge on any atom is -0.508 e. The normalized spacial score (nSPS) is 24.1. The largest absolute Gasteiger partial charge is 0.508 e. The zero-order valence-electron chi connectivity index (χ0n) is 10.0. The molecule has 1 heterocycles. The molecule has 1 aromatic carbocycles. The van der Waals surface area contributed by atoms with Crippen molar-refractivity contribution in [2.45, 2.75) is 31.9 Å². The lowest BCUT2D eigenvalue weighted by atomic mass is 10.0. The molecule has 1 aliphatic heterocycles. The lowest BCUT2D eigenvalue weighted by Gasteiger charge is -2.23. The summed E-state index contributed by atoms with van der Waals surface area (Å²) in [6, 6.07) is 5.08. The average molecular weight is 256 g/mol. The molecule has 17 heavy (non-hydrogen) atoms. The molecule has 1 atom stereocenters. The van der Waals surface area contributed by atoms with E-state index in [0.717, 1.165) is 31.6 Å². The number of phenolic OH excluding ortho intramolecular Hbond substituents is 1. The van der Waals surface area contributed by atoms with Crippen LogP contribution < -0.4 is 5.32 Å². The summed E-state index contributed by atoms with van der Waals surface area (Å²) in [5.74, 6) is 0.277. The van der Waals surface area contributed by atoms with Gasteiger partial charge in [-0.1, -0.05) is 11.6 Å². The number of rotatable bonds is 4. The van der Waals surface area contributed by atoms with Gasteiger partial charge in [0, 0.05) is 30.3 Å². The monoisotopic (exact) mass is 255 g/mol. The zero-order chi connectivity index (χ0) is 12.3. The number of hydrogen-bond donors (Lipinski definition) is 2. The van der Waals surface area contributed by atoms with Crippen molar-refractivity contribution < 1.29 is 9.84 Å². The Morgan fingerprint density at radius 3 is 3.06 bits per heavy atom. The van der Waals surface area contributed by atoms with Gasteiger partial charge in [0.15, 0.2) is 0 Å². The Bertz CT molecular complexity index is 389. The minimum absolute atomic E-state index is 0.0613. The molecule has 1 fully saturated rings. The van der Waals surface area contributed by atoms with Crippen LogP contribution in [0.5, 0.6) is 5.75 Å². The number of nitrogens with one attached hydrogen (secondary N) is 1. The van der Waals surface area contributed by atoms with E-state index in [4.69, 9.17) is 16.3 Å². The van der Waals surface area contributed by atoms with Gasteiger partial charge < -0.3 is 15.2 Å². The van der Waals surface area contributed by atoms with Crippen LogP contribution in [0.15, 0.2) is 18.2 Å². The summed E-state index contributed by atoms with van der Waals surface area (Å²) >= 11 is 5.89. The molecule has 1 aliphatic rings. The maximum Gasteiger partial charge on any atom is 0.120 e. The van der Waals surface area contributed by atoms with E-state index in [9.17, 15) is 5.11 Å². The van der Waals surface area contributed by atoms with Gasteiger partial charge in [0.1, 0.15) is 5.75 Å². The van der Waals surface area contributed by atoms with Crippen molar-refractivity contribution in [2.24, 2.45) is 0 Å². The van der Waals surface area contributed by atoms with E-state index in [-0.39, 0.29) is 11.4 Å². The first-order valence-electron chi connectivity index (χ1n) is 5.91. The van der Waals surface area contributed by atoms with Gasteiger partial charge >= 0.3 is 0 Å². The Morgan fingerprint density at radius 2 is 2.35 bits per heavy atom. The lowest BCUT2D eigenvalue weighted by Crippen LogP contribution is -2.36. The van der Waals surface area contributed by atoms with Crippen LogP contribution in [0.1, 0.15) is 25.3 Å². The van der Waals surface area contributed by atoms with Crippen LogP contribution in [-0.4, -0.2) is 23.9 Å². The van der Waals surface area contributed by atoms with Gasteiger partial charge in [-0.15, -0.1) is 0 Å². The highest BCUT2D eigenvalue weighted by Gasteiger charge is 2.28. The summed E-state index contributed by atoms with van der Waals surface area (Å²) in [5, 5.41) is 13.6. The number of ether oxygens (including phenoxy) is 1. The van der Waals surface area contributed by atoms with Crippen molar-refractivity contribution in [3.05, 3.63) is 28.8 Å². The average Bonchev–Trinajstić information content (AvgIpc) is 2.71. The van der Waals surface area contributed by atoms with Crippen LogP contribution >= 0.6 is 11.6 Å². The van der Waals surface area contributed by atoms with Crippen LogP contribution in [0.3, 0.4) is 0 Å². The van der Waals surface area contributed by atoms with Gasteiger partial charge in [-0.25, -0.2) is 0 Å². The highest BCUT2D eigenvalue weighted by molar-refractivity contribution is 6.30. The predicted octanol–water partition coefficient (Wildman–Crippen LogP) is 2.70. The molecule has 1 aromatic rings. The molecule has 1 unspecified atom stereocenters. The number of benzene rings is 1. The first-order valence-corrected chi connectivity index (χ1v) is 6.29. The van der Waals surface area contributed by atoms with Crippen LogP contribution in [0.2, 0.25) is 5.02 Å². The Hall–Kier alpha value is -0.770. The summed E-state index contributed by atoms with van der Waals surface area (Å²) < 4.78 is 5.68. The molecule has 0 spiro atoms. The third kappa shape index (κ3) is 3.35. The van der Waals surface area contributed by atoms with Crippen molar-refractivity contribution in [3.63, 3.8) is 0 Å². The first-order chi connectivity index (χ1) is 8.09. The van der Waals surface area contributed by atoms with Gasteiger partial charge in [-0.3, -0.25) is 0 Å². The topological polar surface area (TPSA) is 41.5 Å². The fraction of sp³-hybridized carbons (Fsp3) is 0.538. The molecule has 4 heteroatoms. The Kier molecular flexibility index (Phi) is 3.92. The third-order valence-corrected chi connectivity index (χ3v) is 3.39. The van der Waals surface area contributed by atoms with E-state index >= 15 is 0 Å². The van der Waals surface area contributed by atoms with Crippen molar-refractivity contribution in [2.75, 3.05) is 13.2 Å². The summed E-state index contributed by atoms with van der Waals surface area (Å²) in [6.45, 7) is 4.36. The quantitative estimate of drug-likeness (QED) is 0.869. The second kappa shape index (κ2) is 5.25. The second-order valence-corrected chi connectivity index (χ2v) is 5.21. The minimum atomic E-state index is -0.0613. The van der Waals surface area contributed by atoms with E-state index in [1.807, 2.05) is 0 Å². The van der Waals surface area contributed by atoms with Crippen LogP contribution in [0, 0.1) is 0 Å². The zero-order valence-corrected chi connectivity index (χ0v) is 10.8. The van der Waals surface area contributed by atoms with Crippen LogP contribution in [0.4, 0.5) is 0 Å². The standard InChI is InChI=1S/C13H18ClNO2/c1-13(5-2-6-17-13)9-15-8-10-7-11(14)3-4-12(10)16/h3-4,7,15-16H,2,5-6,8-9H2,1H3. The SMILES string of the molecule is CC1(CNCc2cc(Cl)ccc2O)CCCO1. The van der Waals surface area contributed by atoms with Gasteiger partial charge in [0.25, 0.3) is 0 Å². The van der Waals surface area contributed by atoms with Gasteiger partial charge in [0.2, 0.25) is 0 Å². The molecule has 0 aliphatic carbocycles. The Labute approximate surface area is 107 Å². The maximum absolute atomic E-state index is 9.66. The number of hydrogen-bond acceptors (Lipinski definition) is 3. The number of aromatic hydroxyl groups is 1. The predicted molar refractivity (Wildman–Crippen MR) is 68.4 cm³/mol. The molecule has 3 nitrogen and oxygen atoms in total. The lowest BCUT2D eigenvalue weighted by molar-refractivity contribution is 0.0206. The molecular formula is C13H18ClNO2. The van der Waals surface area contributed by atoms with Crippen molar-refractivity contribution >= 4 is 11.6 Å². The molecule has 2 N–H and O–H groups in total. The molecule has 0 amide bonds.